The second-order valence-electron chi connectivity index (χ2n) is 4.05. The molecular weight excluding hydrogens is 286 g/mol. The van der Waals surface area contributed by atoms with Crippen molar-refractivity contribution in [3.8, 4) is 0 Å². The number of carbonyl (C=O) groups excluding carboxylic acids is 1. The molecule has 0 bridgehead atoms. The number of hydrogen-bond acceptors (Lipinski definition) is 4. The molecule has 0 atom stereocenters. The van der Waals surface area contributed by atoms with E-state index < -0.39 is 33.7 Å². The molecule has 0 fully saturated rings. The van der Waals surface area contributed by atoms with Crippen LogP contribution in [0.25, 0.3) is 0 Å². The van der Waals surface area contributed by atoms with Crippen LogP contribution in [0.3, 0.4) is 0 Å². The third kappa shape index (κ3) is 2.86. The normalized spacial score (nSPS) is 10.4. The number of anilines is 1. The van der Waals surface area contributed by atoms with Gasteiger partial charge in [-0.2, -0.15) is 9.49 Å². The molecule has 2 aromatic rings. The first-order chi connectivity index (χ1) is 9.93. The molecule has 0 aliphatic carbocycles. The van der Waals surface area contributed by atoms with Crippen molar-refractivity contribution >= 4 is 17.3 Å². The lowest BCUT2D eigenvalue weighted by Crippen LogP contribution is -2.16. The van der Waals surface area contributed by atoms with Crippen LogP contribution in [0.15, 0.2) is 24.5 Å². The molecule has 0 saturated carbocycles. The third-order valence-corrected chi connectivity index (χ3v) is 2.71. The molecular formula is C12H10F2N4O3. The van der Waals surface area contributed by atoms with E-state index in [1.807, 2.05) is 6.92 Å². The number of nitro groups is 1. The van der Waals surface area contributed by atoms with Crippen LogP contribution in [0.5, 0.6) is 0 Å². The Morgan fingerprint density at radius 1 is 1.48 bits per heavy atom. The minimum Gasteiger partial charge on any atom is -0.319 e. The van der Waals surface area contributed by atoms with Gasteiger partial charge in [0.2, 0.25) is 5.82 Å². The second-order valence-corrected chi connectivity index (χ2v) is 4.05. The van der Waals surface area contributed by atoms with E-state index in [2.05, 4.69) is 10.4 Å². The largest absolute Gasteiger partial charge is 0.319 e. The van der Waals surface area contributed by atoms with Gasteiger partial charge < -0.3 is 5.32 Å². The summed E-state index contributed by atoms with van der Waals surface area (Å²) in [6.07, 6.45) is 2.76. The van der Waals surface area contributed by atoms with Gasteiger partial charge >= 0.3 is 5.69 Å². The molecule has 110 valence electrons. The van der Waals surface area contributed by atoms with Crippen molar-refractivity contribution in [3.63, 3.8) is 0 Å². The monoisotopic (exact) mass is 296 g/mol. The molecule has 1 aromatic heterocycles. The molecule has 21 heavy (non-hydrogen) atoms. The van der Waals surface area contributed by atoms with Crippen LogP contribution < -0.4 is 5.32 Å². The molecule has 0 aliphatic rings. The lowest BCUT2D eigenvalue weighted by Gasteiger charge is -2.05. The van der Waals surface area contributed by atoms with Gasteiger partial charge in [-0.15, -0.1) is 0 Å². The van der Waals surface area contributed by atoms with E-state index in [1.165, 1.54) is 17.1 Å². The number of rotatable bonds is 4. The van der Waals surface area contributed by atoms with Gasteiger partial charge in [0.15, 0.2) is 0 Å². The van der Waals surface area contributed by atoms with Gasteiger partial charge in [0.25, 0.3) is 5.91 Å². The first-order valence-electron chi connectivity index (χ1n) is 5.90. The summed E-state index contributed by atoms with van der Waals surface area (Å²) in [5.74, 6) is -3.82. The van der Waals surface area contributed by atoms with E-state index in [4.69, 9.17) is 0 Å². The fourth-order valence-electron chi connectivity index (χ4n) is 1.69. The Bertz CT molecular complexity index is 715. The number of nitro benzene ring substituents is 1. The lowest BCUT2D eigenvalue weighted by molar-refractivity contribution is -0.387. The van der Waals surface area contributed by atoms with Crippen molar-refractivity contribution in [1.29, 1.82) is 0 Å². The van der Waals surface area contributed by atoms with Crippen molar-refractivity contribution in [2.75, 3.05) is 5.32 Å². The number of hydrogen-bond donors (Lipinski definition) is 1. The zero-order valence-electron chi connectivity index (χ0n) is 10.8. The summed E-state index contributed by atoms with van der Waals surface area (Å²) >= 11 is 0. The predicted molar refractivity (Wildman–Crippen MR) is 68.9 cm³/mol. The van der Waals surface area contributed by atoms with Gasteiger partial charge in [-0.25, -0.2) is 4.39 Å². The summed E-state index contributed by atoms with van der Waals surface area (Å²) in [6, 6.07) is 1.34. The minimum absolute atomic E-state index is 0.229. The summed E-state index contributed by atoms with van der Waals surface area (Å²) in [4.78, 5) is 21.5. The average molecular weight is 296 g/mol. The standard InChI is InChI=1S/C12H10F2N4O3/c1-2-17-6-7(5-15-17)16-12(19)10-8(13)3-4-9(11(10)14)18(20)21/h3-6H,2H2,1H3,(H,16,19). The van der Waals surface area contributed by atoms with Crippen molar-refractivity contribution < 1.29 is 18.5 Å². The van der Waals surface area contributed by atoms with Crippen LogP contribution in [0, 0.1) is 21.7 Å². The summed E-state index contributed by atoms with van der Waals surface area (Å²) in [7, 11) is 0. The molecule has 1 heterocycles. The van der Waals surface area contributed by atoms with E-state index in [0.29, 0.717) is 18.7 Å². The van der Waals surface area contributed by atoms with Crippen LogP contribution in [-0.4, -0.2) is 20.6 Å². The van der Waals surface area contributed by atoms with Crippen molar-refractivity contribution in [3.05, 3.63) is 51.8 Å². The average Bonchev–Trinajstić information content (AvgIpc) is 2.85. The second kappa shape index (κ2) is 5.65. The molecule has 7 nitrogen and oxygen atoms in total. The topological polar surface area (TPSA) is 90.1 Å². The minimum atomic E-state index is -1.51. The predicted octanol–water partition coefficient (Wildman–Crippen LogP) is 2.34. The SMILES string of the molecule is CCn1cc(NC(=O)c2c(F)ccc([N+](=O)[O-])c2F)cn1. The van der Waals surface area contributed by atoms with Crippen LogP contribution in [0.2, 0.25) is 0 Å². The molecule has 0 unspecified atom stereocenters. The first kappa shape index (κ1) is 14.6. The summed E-state index contributed by atoms with van der Waals surface area (Å²) in [6.45, 7) is 2.37. The van der Waals surface area contributed by atoms with Gasteiger partial charge in [0, 0.05) is 18.8 Å². The molecule has 1 amide bonds. The van der Waals surface area contributed by atoms with Crippen LogP contribution in [0.1, 0.15) is 17.3 Å². The van der Waals surface area contributed by atoms with Gasteiger partial charge in [0.1, 0.15) is 11.4 Å². The zero-order valence-corrected chi connectivity index (χ0v) is 10.8. The van der Waals surface area contributed by atoms with Gasteiger partial charge in [-0.05, 0) is 13.0 Å². The van der Waals surface area contributed by atoms with Crippen LogP contribution in [0.4, 0.5) is 20.2 Å². The Labute approximate surface area is 117 Å². The van der Waals surface area contributed by atoms with Crippen LogP contribution in [-0.2, 0) is 6.54 Å². The number of halogens is 2. The molecule has 0 spiro atoms. The maximum absolute atomic E-state index is 13.8. The van der Waals surface area contributed by atoms with E-state index in [-0.39, 0.29) is 5.69 Å². The third-order valence-electron chi connectivity index (χ3n) is 2.71. The Balaban J connectivity index is 2.34. The highest BCUT2D eigenvalue weighted by Crippen LogP contribution is 2.23. The van der Waals surface area contributed by atoms with Gasteiger partial charge in [0.05, 0.1) is 16.8 Å². The highest BCUT2D eigenvalue weighted by atomic mass is 19.1. The smallest absolute Gasteiger partial charge is 0.305 e. The zero-order chi connectivity index (χ0) is 15.6. The Hall–Kier alpha value is -2.84. The first-order valence-corrected chi connectivity index (χ1v) is 5.90. The fraction of sp³-hybridized carbons (Fsp3) is 0.167. The highest BCUT2D eigenvalue weighted by molar-refractivity contribution is 6.05. The van der Waals surface area contributed by atoms with E-state index in [1.54, 1.807) is 0 Å². The van der Waals surface area contributed by atoms with E-state index in [0.717, 1.165) is 0 Å². The molecule has 2 rings (SSSR count). The summed E-state index contributed by atoms with van der Waals surface area (Å²) in [5.41, 5.74) is -1.74. The quantitative estimate of drug-likeness (QED) is 0.692. The summed E-state index contributed by atoms with van der Waals surface area (Å²) < 4.78 is 28.9. The van der Waals surface area contributed by atoms with Crippen molar-refractivity contribution in [2.24, 2.45) is 0 Å². The van der Waals surface area contributed by atoms with E-state index in [9.17, 15) is 23.7 Å². The number of aryl methyl sites for hydroxylation is 1. The van der Waals surface area contributed by atoms with E-state index >= 15 is 0 Å². The Morgan fingerprint density at radius 2 is 2.19 bits per heavy atom. The molecule has 0 saturated heterocycles. The van der Waals surface area contributed by atoms with Crippen molar-refractivity contribution in [2.45, 2.75) is 13.5 Å². The maximum atomic E-state index is 13.8. The van der Waals surface area contributed by atoms with Gasteiger partial charge in [-0.3, -0.25) is 19.6 Å². The lowest BCUT2D eigenvalue weighted by atomic mass is 10.1. The number of carbonyl (C=O) groups is 1. The number of benzene rings is 1. The fourth-order valence-corrected chi connectivity index (χ4v) is 1.69. The molecule has 9 heteroatoms. The number of amides is 1. The Morgan fingerprint density at radius 3 is 2.76 bits per heavy atom. The molecule has 0 radical (unpaired) electrons. The highest BCUT2D eigenvalue weighted by Gasteiger charge is 2.26. The number of nitrogens with one attached hydrogen (secondary N) is 1. The molecule has 1 aromatic carbocycles. The van der Waals surface area contributed by atoms with Gasteiger partial charge in [-0.1, -0.05) is 0 Å². The molecule has 0 aliphatic heterocycles. The summed E-state index contributed by atoms with van der Waals surface area (Å²) in [5, 5.41) is 16.7. The van der Waals surface area contributed by atoms with Crippen molar-refractivity contribution in [1.82, 2.24) is 9.78 Å². The number of aromatic nitrogens is 2. The molecule has 1 N–H and O–H groups in total. The Kier molecular flexibility index (Phi) is 3.92. The maximum Gasteiger partial charge on any atom is 0.305 e. The number of nitrogens with zero attached hydrogens (tertiary/aromatic N) is 3. The van der Waals surface area contributed by atoms with Crippen LogP contribution >= 0.6 is 0 Å².